The first-order valence-electron chi connectivity index (χ1n) is 9.99. The summed E-state index contributed by atoms with van der Waals surface area (Å²) in [6.45, 7) is -0.0487. The molecule has 0 unspecified atom stereocenters. The molecule has 0 aliphatic carbocycles. The molecule has 3 rings (SSSR count). The normalized spacial score (nSPS) is 11.1. The molecule has 0 fully saturated rings. The number of ether oxygens (including phenoxy) is 2. The van der Waals surface area contributed by atoms with Gasteiger partial charge < -0.3 is 14.8 Å². The number of sulfonamides is 1. The summed E-state index contributed by atoms with van der Waals surface area (Å²) in [5.74, 6) is 0.219. The quantitative estimate of drug-likeness (QED) is 0.458. The first kappa shape index (κ1) is 24.0. The topological polar surface area (TPSA) is 102 Å². The number of rotatable bonds is 10. The van der Waals surface area contributed by atoms with E-state index in [1.807, 2.05) is 30.3 Å². The van der Waals surface area contributed by atoms with Crippen molar-refractivity contribution in [2.45, 2.75) is 11.4 Å². The molecule has 0 aromatic heterocycles. The number of hydrogen-bond donors (Lipinski definition) is 1. The highest BCUT2D eigenvalue weighted by atomic mass is 32.2. The number of carbonyl (C=O) groups is 2. The third-order valence-electron chi connectivity index (χ3n) is 4.78. The second-order valence-electron chi connectivity index (χ2n) is 7.14. The predicted octanol–water partition coefficient (Wildman–Crippen LogP) is 3.35. The smallest absolute Gasteiger partial charge is 0.262 e. The van der Waals surface area contributed by atoms with E-state index in [1.54, 1.807) is 12.1 Å². The van der Waals surface area contributed by atoms with Crippen molar-refractivity contribution in [3.8, 4) is 11.5 Å². The number of hydrogen-bond acceptors (Lipinski definition) is 6. The Morgan fingerprint density at radius 2 is 1.70 bits per heavy atom. The molecule has 9 heteroatoms. The van der Waals surface area contributed by atoms with Gasteiger partial charge in [-0.2, -0.15) is 4.31 Å². The average molecular weight is 469 g/mol. The molecular weight excluding hydrogens is 444 g/mol. The Balaban J connectivity index is 1.59. The van der Waals surface area contributed by atoms with Gasteiger partial charge in [-0.1, -0.05) is 30.3 Å². The van der Waals surface area contributed by atoms with E-state index in [4.69, 9.17) is 9.47 Å². The molecule has 0 heterocycles. The van der Waals surface area contributed by atoms with E-state index in [9.17, 15) is 18.0 Å². The van der Waals surface area contributed by atoms with Crippen molar-refractivity contribution in [3.05, 3.63) is 83.9 Å². The molecule has 0 radical (unpaired) electrons. The Bertz CT molecular complexity index is 1210. The number of nitrogens with one attached hydrogen (secondary N) is 1. The molecule has 0 spiro atoms. The standard InChI is InChI=1S/C24H24N2O6S/c1-26(15-18-6-4-3-5-7-18)33(29,30)21-11-9-20(10-12-21)25-24(28)17-32-22-13-8-19(16-27)14-23(22)31-2/h3-14,16H,15,17H2,1-2H3,(H,25,28). The summed E-state index contributed by atoms with van der Waals surface area (Å²) in [6.07, 6.45) is 0.683. The zero-order chi connectivity index (χ0) is 23.8. The monoisotopic (exact) mass is 468 g/mol. The molecule has 33 heavy (non-hydrogen) atoms. The van der Waals surface area contributed by atoms with Crippen LogP contribution in [-0.4, -0.2) is 45.7 Å². The highest BCUT2D eigenvalue weighted by Crippen LogP contribution is 2.27. The van der Waals surface area contributed by atoms with Crippen LogP contribution in [0.3, 0.4) is 0 Å². The van der Waals surface area contributed by atoms with Gasteiger partial charge in [-0.25, -0.2) is 8.42 Å². The fraction of sp³-hybridized carbons (Fsp3) is 0.167. The summed E-state index contributed by atoms with van der Waals surface area (Å²) < 4.78 is 37.5. The van der Waals surface area contributed by atoms with Crippen molar-refractivity contribution in [1.82, 2.24) is 4.31 Å². The highest BCUT2D eigenvalue weighted by molar-refractivity contribution is 7.89. The largest absolute Gasteiger partial charge is 0.493 e. The number of benzene rings is 3. The number of nitrogens with zero attached hydrogens (tertiary/aromatic N) is 1. The summed E-state index contributed by atoms with van der Waals surface area (Å²) >= 11 is 0. The lowest BCUT2D eigenvalue weighted by Crippen LogP contribution is -2.26. The van der Waals surface area contributed by atoms with Crippen LogP contribution >= 0.6 is 0 Å². The van der Waals surface area contributed by atoms with E-state index < -0.39 is 15.9 Å². The van der Waals surface area contributed by atoms with Gasteiger partial charge in [0.25, 0.3) is 5.91 Å². The van der Waals surface area contributed by atoms with Crippen LogP contribution in [0.5, 0.6) is 11.5 Å². The van der Waals surface area contributed by atoms with Gasteiger partial charge in [-0.3, -0.25) is 9.59 Å². The molecule has 0 saturated carbocycles. The number of aldehydes is 1. The Kier molecular flexibility index (Phi) is 7.81. The Labute approximate surface area is 192 Å². The summed E-state index contributed by atoms with van der Waals surface area (Å²) in [4.78, 5) is 23.2. The van der Waals surface area contributed by atoms with E-state index in [0.29, 0.717) is 29.0 Å². The highest BCUT2D eigenvalue weighted by Gasteiger charge is 2.21. The van der Waals surface area contributed by atoms with Crippen LogP contribution in [0.25, 0.3) is 0 Å². The lowest BCUT2D eigenvalue weighted by atomic mass is 10.2. The third kappa shape index (κ3) is 6.18. The molecule has 3 aromatic carbocycles. The van der Waals surface area contributed by atoms with Crippen molar-refractivity contribution in [2.75, 3.05) is 26.1 Å². The van der Waals surface area contributed by atoms with Gasteiger partial charge in [0.2, 0.25) is 10.0 Å². The fourth-order valence-electron chi connectivity index (χ4n) is 3.03. The lowest BCUT2D eigenvalue weighted by Gasteiger charge is -2.17. The molecule has 0 bridgehead atoms. The van der Waals surface area contributed by atoms with Crippen LogP contribution in [-0.2, 0) is 21.4 Å². The lowest BCUT2D eigenvalue weighted by molar-refractivity contribution is -0.118. The maximum atomic E-state index is 12.8. The molecule has 0 atom stereocenters. The van der Waals surface area contributed by atoms with Crippen LogP contribution in [0.2, 0.25) is 0 Å². The van der Waals surface area contributed by atoms with Gasteiger partial charge in [-0.05, 0) is 48.0 Å². The van der Waals surface area contributed by atoms with Gasteiger partial charge in [0.1, 0.15) is 6.29 Å². The predicted molar refractivity (Wildman–Crippen MR) is 124 cm³/mol. The van der Waals surface area contributed by atoms with Crippen LogP contribution in [0, 0.1) is 0 Å². The fourth-order valence-corrected chi connectivity index (χ4v) is 4.19. The molecule has 0 aliphatic heterocycles. The minimum absolute atomic E-state index is 0.121. The second kappa shape index (κ2) is 10.8. The molecule has 3 aromatic rings. The summed E-state index contributed by atoms with van der Waals surface area (Å²) in [6, 6.07) is 19.8. The minimum atomic E-state index is -3.68. The van der Waals surface area contributed by atoms with Crippen LogP contribution in [0.1, 0.15) is 15.9 Å². The number of carbonyl (C=O) groups excluding carboxylic acids is 2. The SMILES string of the molecule is COc1cc(C=O)ccc1OCC(=O)Nc1ccc(S(=O)(=O)N(C)Cc2ccccc2)cc1. The zero-order valence-electron chi connectivity index (χ0n) is 18.2. The van der Waals surface area contributed by atoms with Gasteiger partial charge >= 0.3 is 0 Å². The van der Waals surface area contributed by atoms with Crippen molar-refractivity contribution in [1.29, 1.82) is 0 Å². The first-order valence-corrected chi connectivity index (χ1v) is 11.4. The van der Waals surface area contributed by atoms with Gasteiger partial charge in [0.15, 0.2) is 18.1 Å². The van der Waals surface area contributed by atoms with E-state index >= 15 is 0 Å². The Hall–Kier alpha value is -3.69. The Morgan fingerprint density at radius 3 is 2.33 bits per heavy atom. The average Bonchev–Trinajstić information content (AvgIpc) is 2.83. The summed E-state index contributed by atoms with van der Waals surface area (Å²) in [5, 5.41) is 2.65. The van der Waals surface area contributed by atoms with Crippen molar-refractivity contribution < 1.29 is 27.5 Å². The number of amides is 1. The van der Waals surface area contributed by atoms with Gasteiger partial charge in [-0.15, -0.1) is 0 Å². The first-order chi connectivity index (χ1) is 15.8. The van der Waals surface area contributed by atoms with E-state index in [0.717, 1.165) is 5.56 Å². The molecule has 0 saturated heterocycles. The van der Waals surface area contributed by atoms with E-state index in [2.05, 4.69) is 5.32 Å². The van der Waals surface area contributed by atoms with Crippen LogP contribution < -0.4 is 14.8 Å². The van der Waals surface area contributed by atoms with Crippen molar-refractivity contribution >= 4 is 27.9 Å². The maximum absolute atomic E-state index is 12.8. The second-order valence-corrected chi connectivity index (χ2v) is 9.18. The van der Waals surface area contributed by atoms with Crippen molar-refractivity contribution in [3.63, 3.8) is 0 Å². The van der Waals surface area contributed by atoms with E-state index in [-0.39, 0.29) is 18.0 Å². The minimum Gasteiger partial charge on any atom is -0.493 e. The van der Waals surface area contributed by atoms with Gasteiger partial charge in [0.05, 0.1) is 12.0 Å². The number of anilines is 1. The molecular formula is C24H24N2O6S. The zero-order valence-corrected chi connectivity index (χ0v) is 19.0. The van der Waals surface area contributed by atoms with Crippen molar-refractivity contribution in [2.24, 2.45) is 0 Å². The van der Waals surface area contributed by atoms with Crippen LogP contribution in [0.15, 0.2) is 77.7 Å². The van der Waals surface area contributed by atoms with Gasteiger partial charge in [0, 0.05) is 24.8 Å². The molecule has 1 amide bonds. The summed E-state index contributed by atoms with van der Waals surface area (Å²) in [5.41, 5.74) is 1.73. The summed E-state index contributed by atoms with van der Waals surface area (Å²) in [7, 11) is -0.732. The van der Waals surface area contributed by atoms with Crippen LogP contribution in [0.4, 0.5) is 5.69 Å². The molecule has 0 aliphatic rings. The molecule has 172 valence electrons. The molecule has 1 N–H and O–H groups in total. The third-order valence-corrected chi connectivity index (χ3v) is 6.59. The number of methoxy groups -OCH3 is 1. The molecule has 8 nitrogen and oxygen atoms in total. The van der Waals surface area contributed by atoms with E-state index in [1.165, 1.54) is 48.8 Å². The maximum Gasteiger partial charge on any atom is 0.262 e. The Morgan fingerprint density at radius 1 is 1.00 bits per heavy atom.